The monoisotopic (exact) mass is 577 g/mol. The van der Waals surface area contributed by atoms with E-state index in [1.54, 1.807) is 37.1 Å². The Labute approximate surface area is 245 Å². The van der Waals surface area contributed by atoms with Gasteiger partial charge in [-0.05, 0) is 61.7 Å². The van der Waals surface area contributed by atoms with Gasteiger partial charge >= 0.3 is 0 Å². The number of aromatic amines is 2. The van der Waals surface area contributed by atoms with Crippen LogP contribution in [0.3, 0.4) is 0 Å². The smallest absolute Gasteiger partial charge is 0.224 e. The van der Waals surface area contributed by atoms with Crippen molar-refractivity contribution in [1.82, 2.24) is 40.4 Å². The van der Waals surface area contributed by atoms with E-state index >= 15 is 0 Å². The average molecular weight is 578 g/mol. The highest BCUT2D eigenvalue weighted by Gasteiger charge is 2.19. The van der Waals surface area contributed by atoms with E-state index in [-0.39, 0.29) is 5.91 Å². The summed E-state index contributed by atoms with van der Waals surface area (Å²) in [6.07, 6.45) is 10.9. The number of pyridine rings is 3. The van der Waals surface area contributed by atoms with Gasteiger partial charge in [0.15, 0.2) is 5.82 Å². The van der Waals surface area contributed by atoms with Crippen molar-refractivity contribution in [2.24, 2.45) is 5.92 Å². The molecule has 5 aromatic heterocycles. The van der Waals surface area contributed by atoms with Gasteiger partial charge in [-0.1, -0.05) is 0 Å². The molecule has 0 unspecified atom stereocenters. The van der Waals surface area contributed by atoms with Gasteiger partial charge in [0, 0.05) is 41.4 Å². The fraction of sp³-hybridized carbons (Fsp3) is 0.226. The third-order valence-corrected chi connectivity index (χ3v) is 7.73. The van der Waals surface area contributed by atoms with Gasteiger partial charge < -0.3 is 20.4 Å². The van der Waals surface area contributed by atoms with E-state index in [9.17, 15) is 9.18 Å². The Morgan fingerprint density at radius 1 is 1.00 bits per heavy atom. The van der Waals surface area contributed by atoms with Crippen LogP contribution >= 0.6 is 0 Å². The van der Waals surface area contributed by atoms with Gasteiger partial charge in [-0.25, -0.2) is 9.37 Å². The normalized spacial score (nSPS) is 13.9. The van der Waals surface area contributed by atoms with Crippen molar-refractivity contribution in [1.29, 1.82) is 0 Å². The minimum atomic E-state index is -0.416. The fourth-order valence-electron chi connectivity index (χ4n) is 5.56. The maximum atomic E-state index is 14.3. The molecular formula is C31H28FN9O2. The van der Waals surface area contributed by atoms with Crippen LogP contribution in [0, 0.1) is 11.7 Å². The first-order valence-corrected chi connectivity index (χ1v) is 14.0. The Bertz CT molecular complexity index is 1960. The first kappa shape index (κ1) is 26.7. The summed E-state index contributed by atoms with van der Waals surface area (Å²) in [5, 5.41) is 14.7. The number of halogens is 1. The Hall–Kier alpha value is -5.23. The number of imidazole rings is 1. The van der Waals surface area contributed by atoms with Crippen LogP contribution in [0.2, 0.25) is 0 Å². The number of hydrogen-bond acceptors (Lipinski definition) is 8. The van der Waals surface area contributed by atoms with Crippen LogP contribution < -0.4 is 15.4 Å². The van der Waals surface area contributed by atoms with Crippen molar-refractivity contribution in [3.05, 3.63) is 67.1 Å². The number of rotatable bonds is 7. The van der Waals surface area contributed by atoms with Crippen LogP contribution in [0.15, 0.2) is 61.3 Å². The van der Waals surface area contributed by atoms with Gasteiger partial charge in [0.2, 0.25) is 5.91 Å². The molecule has 0 aliphatic carbocycles. The molecule has 0 spiro atoms. The molecule has 1 aliphatic heterocycles. The molecule has 1 aliphatic rings. The number of piperidine rings is 1. The Morgan fingerprint density at radius 3 is 2.72 bits per heavy atom. The van der Waals surface area contributed by atoms with E-state index in [0.717, 1.165) is 42.4 Å². The fourth-order valence-corrected chi connectivity index (χ4v) is 5.56. The molecule has 4 N–H and O–H groups in total. The van der Waals surface area contributed by atoms with E-state index < -0.39 is 5.82 Å². The number of H-pyrrole nitrogens is 2. The summed E-state index contributed by atoms with van der Waals surface area (Å²) in [5.41, 5.74) is 5.93. The number of carbonyl (C=O) groups excluding carboxylic acids is 1. The van der Waals surface area contributed by atoms with Crippen LogP contribution in [0.25, 0.3) is 55.8 Å². The van der Waals surface area contributed by atoms with E-state index in [4.69, 9.17) is 9.72 Å². The Kier molecular flexibility index (Phi) is 6.95. The predicted octanol–water partition coefficient (Wildman–Crippen LogP) is 5.10. The van der Waals surface area contributed by atoms with Crippen molar-refractivity contribution in [2.45, 2.75) is 19.3 Å². The molecule has 6 aromatic rings. The summed E-state index contributed by atoms with van der Waals surface area (Å²) in [7, 11) is 1.49. The highest BCUT2D eigenvalue weighted by atomic mass is 19.1. The molecule has 0 radical (unpaired) electrons. The van der Waals surface area contributed by atoms with E-state index in [0.29, 0.717) is 63.1 Å². The van der Waals surface area contributed by atoms with Crippen molar-refractivity contribution in [2.75, 3.05) is 25.5 Å². The Balaban J connectivity index is 1.20. The number of fused-ring (bicyclic) bond motifs is 2. The molecule has 1 amide bonds. The third kappa shape index (κ3) is 5.40. The summed E-state index contributed by atoms with van der Waals surface area (Å²) < 4.78 is 19.5. The highest BCUT2D eigenvalue weighted by Crippen LogP contribution is 2.33. The maximum Gasteiger partial charge on any atom is 0.224 e. The number of hydrogen-bond donors (Lipinski definition) is 4. The van der Waals surface area contributed by atoms with Crippen LogP contribution in [0.1, 0.15) is 19.3 Å². The number of amides is 1. The first-order valence-electron chi connectivity index (χ1n) is 14.0. The molecule has 1 saturated heterocycles. The highest BCUT2D eigenvalue weighted by molar-refractivity contribution is 5.97. The molecule has 0 bridgehead atoms. The van der Waals surface area contributed by atoms with Crippen LogP contribution in [-0.2, 0) is 4.79 Å². The summed E-state index contributed by atoms with van der Waals surface area (Å²) in [6.45, 7) is 1.90. The summed E-state index contributed by atoms with van der Waals surface area (Å²) in [4.78, 5) is 34.1. The minimum Gasteiger partial charge on any atom is -0.497 e. The van der Waals surface area contributed by atoms with Gasteiger partial charge in [-0.2, -0.15) is 5.10 Å². The summed E-state index contributed by atoms with van der Waals surface area (Å²) in [6, 6.07) is 8.27. The lowest BCUT2D eigenvalue weighted by Crippen LogP contribution is -2.30. The van der Waals surface area contributed by atoms with Crippen molar-refractivity contribution < 1.29 is 13.9 Å². The number of anilines is 1. The third-order valence-electron chi connectivity index (χ3n) is 7.73. The largest absolute Gasteiger partial charge is 0.497 e. The molecule has 11 nitrogen and oxygen atoms in total. The number of benzene rings is 1. The standard InChI is InChI=1S/C31H28FN9O2/c1-43-22-9-18(7-20(32)10-22)24-14-35-15-27-29(24)39-31(38-27)30-23-11-25(36-16-26(23)40-41-30)19-8-21(13-34-12-19)37-28(42)6-17-2-4-33-5-3-17/h7-17,33H,2-6H2,1H3,(H,37,42)(H,38,39)(H,40,41). The topological polar surface area (TPSA) is 146 Å². The molecule has 1 aromatic carbocycles. The molecule has 216 valence electrons. The zero-order valence-electron chi connectivity index (χ0n) is 23.3. The van der Waals surface area contributed by atoms with Crippen LogP contribution in [-0.4, -0.2) is 61.2 Å². The van der Waals surface area contributed by atoms with Gasteiger partial charge in [0.05, 0.1) is 53.6 Å². The average Bonchev–Trinajstić information content (AvgIpc) is 3.65. The molecule has 43 heavy (non-hydrogen) atoms. The molecule has 7 rings (SSSR count). The van der Waals surface area contributed by atoms with Crippen molar-refractivity contribution in [3.8, 4) is 39.7 Å². The lowest BCUT2D eigenvalue weighted by atomic mass is 9.94. The number of ether oxygens (including phenoxy) is 1. The zero-order chi connectivity index (χ0) is 29.3. The molecule has 6 heterocycles. The van der Waals surface area contributed by atoms with E-state index in [1.165, 1.54) is 19.2 Å². The molecule has 1 fully saturated rings. The SMILES string of the molecule is COc1cc(F)cc(-c2cncc3[nH]c(-c4n[nH]c5cnc(-c6cncc(NC(=O)CC7CCNCC7)c6)cc45)nc23)c1. The number of nitrogens with zero attached hydrogens (tertiary/aromatic N) is 5. The summed E-state index contributed by atoms with van der Waals surface area (Å²) >= 11 is 0. The second-order valence-electron chi connectivity index (χ2n) is 10.6. The van der Waals surface area contributed by atoms with Gasteiger partial charge in [0.1, 0.15) is 17.3 Å². The van der Waals surface area contributed by atoms with Gasteiger partial charge in [-0.15, -0.1) is 0 Å². The first-order chi connectivity index (χ1) is 21.0. The number of methoxy groups -OCH3 is 1. The second-order valence-corrected chi connectivity index (χ2v) is 10.6. The van der Waals surface area contributed by atoms with Crippen LogP contribution in [0.5, 0.6) is 5.75 Å². The minimum absolute atomic E-state index is 0.0122. The number of aromatic nitrogens is 7. The zero-order valence-corrected chi connectivity index (χ0v) is 23.3. The van der Waals surface area contributed by atoms with Crippen molar-refractivity contribution in [3.63, 3.8) is 0 Å². The lowest BCUT2D eigenvalue weighted by Gasteiger charge is -2.21. The molecule has 0 atom stereocenters. The number of nitrogens with one attached hydrogen (secondary N) is 4. The second kappa shape index (κ2) is 11.2. The van der Waals surface area contributed by atoms with Gasteiger partial charge in [-0.3, -0.25) is 24.8 Å². The van der Waals surface area contributed by atoms with E-state index in [2.05, 4.69) is 40.8 Å². The van der Waals surface area contributed by atoms with Crippen molar-refractivity contribution >= 4 is 33.5 Å². The number of carbonyl (C=O) groups is 1. The quantitative estimate of drug-likeness (QED) is 0.205. The predicted molar refractivity (Wildman–Crippen MR) is 161 cm³/mol. The maximum absolute atomic E-state index is 14.3. The molecule has 0 saturated carbocycles. The van der Waals surface area contributed by atoms with Gasteiger partial charge in [0.25, 0.3) is 0 Å². The Morgan fingerprint density at radius 2 is 1.86 bits per heavy atom. The van der Waals surface area contributed by atoms with E-state index in [1.807, 2.05) is 12.1 Å². The lowest BCUT2D eigenvalue weighted by molar-refractivity contribution is -0.117. The summed E-state index contributed by atoms with van der Waals surface area (Å²) in [5.74, 6) is 0.888. The molecule has 12 heteroatoms. The van der Waals surface area contributed by atoms with Crippen LogP contribution in [0.4, 0.5) is 10.1 Å². The molecular weight excluding hydrogens is 549 g/mol.